The Balaban J connectivity index is 1.71. The predicted molar refractivity (Wildman–Crippen MR) is 78.8 cm³/mol. The molecule has 2 rings (SSSR count). The number of rotatable bonds is 4. The van der Waals surface area contributed by atoms with E-state index in [1.165, 1.54) is 0 Å². The van der Waals surface area contributed by atoms with E-state index in [1.807, 2.05) is 24.3 Å². The number of aliphatic hydroxyl groups excluding tert-OH is 1. The predicted octanol–water partition coefficient (Wildman–Crippen LogP) is 2.66. The van der Waals surface area contributed by atoms with E-state index >= 15 is 0 Å². The van der Waals surface area contributed by atoms with Gasteiger partial charge < -0.3 is 10.4 Å². The topological polar surface area (TPSA) is 49.3 Å². The van der Waals surface area contributed by atoms with Gasteiger partial charge in [0.1, 0.15) is 0 Å². The molecule has 1 aromatic rings. The van der Waals surface area contributed by atoms with Crippen molar-refractivity contribution in [1.29, 1.82) is 0 Å². The fraction of sp³-hybridized carbons (Fsp3) is 0.533. The third-order valence-electron chi connectivity index (χ3n) is 3.68. The summed E-state index contributed by atoms with van der Waals surface area (Å²) in [5.41, 5.74) is 1.03. The van der Waals surface area contributed by atoms with E-state index in [0.717, 1.165) is 42.3 Å². The molecule has 3 nitrogen and oxygen atoms in total. The number of carbonyl (C=O) groups is 1. The zero-order chi connectivity index (χ0) is 13.7. The van der Waals surface area contributed by atoms with Crippen molar-refractivity contribution < 1.29 is 9.90 Å². The molecule has 0 heterocycles. The summed E-state index contributed by atoms with van der Waals surface area (Å²) in [4.78, 5) is 11.8. The summed E-state index contributed by atoms with van der Waals surface area (Å²) in [6.45, 7) is 0.738. The maximum absolute atomic E-state index is 11.8. The highest BCUT2D eigenvalue weighted by Gasteiger charge is 2.19. The molecule has 104 valence electrons. The molecule has 0 aliphatic heterocycles. The third-order valence-corrected chi connectivity index (χ3v) is 4.21. The molecule has 0 radical (unpaired) electrons. The smallest absolute Gasteiger partial charge is 0.224 e. The zero-order valence-electron chi connectivity index (χ0n) is 10.9. The lowest BCUT2D eigenvalue weighted by Crippen LogP contribution is -2.33. The summed E-state index contributed by atoms with van der Waals surface area (Å²) in [5.74, 6) is 0.603. The molecule has 2 N–H and O–H groups in total. The molecule has 1 amide bonds. The van der Waals surface area contributed by atoms with Gasteiger partial charge in [0, 0.05) is 11.0 Å². The zero-order valence-corrected chi connectivity index (χ0v) is 12.5. The Morgan fingerprint density at radius 3 is 2.47 bits per heavy atom. The van der Waals surface area contributed by atoms with Crippen molar-refractivity contribution in [2.75, 3.05) is 6.54 Å². The second-order valence-corrected chi connectivity index (χ2v) is 6.20. The van der Waals surface area contributed by atoms with Gasteiger partial charge in [-0.3, -0.25) is 4.79 Å². The first-order valence-corrected chi connectivity index (χ1v) is 7.62. The highest BCUT2D eigenvalue weighted by molar-refractivity contribution is 9.10. The molecule has 1 aliphatic carbocycles. The molecule has 0 aromatic heterocycles. The Labute approximate surface area is 122 Å². The Morgan fingerprint density at radius 2 is 1.84 bits per heavy atom. The molecule has 0 saturated heterocycles. The molecule has 0 atom stereocenters. The molecule has 1 aliphatic rings. The van der Waals surface area contributed by atoms with E-state index in [4.69, 9.17) is 0 Å². The normalized spacial score (nSPS) is 23.1. The number of halogens is 1. The molecule has 1 saturated carbocycles. The van der Waals surface area contributed by atoms with E-state index in [0.29, 0.717) is 12.3 Å². The van der Waals surface area contributed by atoms with Crippen molar-refractivity contribution in [2.24, 2.45) is 5.92 Å². The first kappa shape index (κ1) is 14.5. The maximum Gasteiger partial charge on any atom is 0.224 e. The first-order chi connectivity index (χ1) is 9.13. The van der Waals surface area contributed by atoms with Gasteiger partial charge in [0.25, 0.3) is 0 Å². The van der Waals surface area contributed by atoms with Gasteiger partial charge in [-0.1, -0.05) is 28.1 Å². The van der Waals surface area contributed by atoms with Crippen molar-refractivity contribution in [3.63, 3.8) is 0 Å². The first-order valence-electron chi connectivity index (χ1n) is 6.82. The van der Waals surface area contributed by atoms with Crippen LogP contribution in [-0.4, -0.2) is 23.7 Å². The molecule has 0 spiro atoms. The lowest BCUT2D eigenvalue weighted by molar-refractivity contribution is -0.120. The van der Waals surface area contributed by atoms with Crippen LogP contribution in [0, 0.1) is 5.92 Å². The van der Waals surface area contributed by atoms with E-state index in [-0.39, 0.29) is 12.0 Å². The lowest BCUT2D eigenvalue weighted by atomic mass is 9.87. The number of benzene rings is 1. The summed E-state index contributed by atoms with van der Waals surface area (Å²) in [7, 11) is 0. The molecule has 1 fully saturated rings. The Kier molecular flexibility index (Phi) is 5.40. The molecule has 0 unspecified atom stereocenters. The lowest BCUT2D eigenvalue weighted by Gasteiger charge is -2.25. The van der Waals surface area contributed by atoms with Gasteiger partial charge in [0.2, 0.25) is 5.91 Å². The SMILES string of the molecule is O=C(Cc1ccc(Br)cc1)NCC1CCC(O)CC1. The van der Waals surface area contributed by atoms with Crippen molar-refractivity contribution in [3.05, 3.63) is 34.3 Å². The number of hydrogen-bond acceptors (Lipinski definition) is 2. The van der Waals surface area contributed by atoms with Crippen LogP contribution < -0.4 is 5.32 Å². The van der Waals surface area contributed by atoms with Crippen LogP contribution in [0.5, 0.6) is 0 Å². The van der Waals surface area contributed by atoms with Crippen LogP contribution in [0.25, 0.3) is 0 Å². The maximum atomic E-state index is 11.8. The minimum Gasteiger partial charge on any atom is -0.393 e. The Hall–Kier alpha value is -0.870. The van der Waals surface area contributed by atoms with Gasteiger partial charge >= 0.3 is 0 Å². The summed E-state index contributed by atoms with van der Waals surface area (Å²) in [6.07, 6.45) is 4.07. The number of nitrogens with one attached hydrogen (secondary N) is 1. The minimum atomic E-state index is -0.130. The highest BCUT2D eigenvalue weighted by Crippen LogP contribution is 2.23. The second kappa shape index (κ2) is 7.06. The fourth-order valence-electron chi connectivity index (χ4n) is 2.46. The van der Waals surface area contributed by atoms with E-state index in [1.54, 1.807) is 0 Å². The second-order valence-electron chi connectivity index (χ2n) is 5.28. The molecule has 1 aromatic carbocycles. The van der Waals surface area contributed by atoms with Crippen LogP contribution in [0.2, 0.25) is 0 Å². The van der Waals surface area contributed by atoms with Crippen molar-refractivity contribution >= 4 is 21.8 Å². The van der Waals surface area contributed by atoms with Crippen LogP contribution >= 0.6 is 15.9 Å². The molecule has 0 bridgehead atoms. The van der Waals surface area contributed by atoms with E-state index < -0.39 is 0 Å². The van der Waals surface area contributed by atoms with Crippen molar-refractivity contribution in [1.82, 2.24) is 5.32 Å². The van der Waals surface area contributed by atoms with Crippen LogP contribution in [-0.2, 0) is 11.2 Å². The quantitative estimate of drug-likeness (QED) is 0.894. The Morgan fingerprint density at radius 1 is 1.21 bits per heavy atom. The minimum absolute atomic E-state index is 0.0773. The number of aliphatic hydroxyl groups is 1. The van der Waals surface area contributed by atoms with Crippen LogP contribution in [0.3, 0.4) is 0 Å². The van der Waals surface area contributed by atoms with Crippen LogP contribution in [0.15, 0.2) is 28.7 Å². The summed E-state index contributed by atoms with van der Waals surface area (Å²) >= 11 is 3.38. The van der Waals surface area contributed by atoms with Crippen molar-refractivity contribution in [3.8, 4) is 0 Å². The van der Waals surface area contributed by atoms with Crippen LogP contribution in [0.1, 0.15) is 31.2 Å². The van der Waals surface area contributed by atoms with Gasteiger partial charge in [-0.15, -0.1) is 0 Å². The van der Waals surface area contributed by atoms with Gasteiger partial charge in [0.15, 0.2) is 0 Å². The van der Waals surface area contributed by atoms with E-state index in [2.05, 4.69) is 21.2 Å². The number of carbonyl (C=O) groups excluding carboxylic acids is 1. The molecule has 4 heteroatoms. The monoisotopic (exact) mass is 325 g/mol. The van der Waals surface area contributed by atoms with Gasteiger partial charge in [-0.2, -0.15) is 0 Å². The summed E-state index contributed by atoms with van der Waals surface area (Å²) in [6, 6.07) is 7.82. The van der Waals surface area contributed by atoms with E-state index in [9.17, 15) is 9.90 Å². The Bertz CT molecular complexity index is 411. The summed E-state index contributed by atoms with van der Waals surface area (Å²) in [5, 5.41) is 12.4. The number of hydrogen-bond donors (Lipinski definition) is 2. The van der Waals surface area contributed by atoms with Gasteiger partial charge in [0.05, 0.1) is 12.5 Å². The molecule has 19 heavy (non-hydrogen) atoms. The largest absolute Gasteiger partial charge is 0.393 e. The molecular formula is C15H20BrNO2. The molecular weight excluding hydrogens is 306 g/mol. The standard InChI is InChI=1S/C15H20BrNO2/c16-13-5-1-11(2-6-13)9-15(19)17-10-12-3-7-14(18)8-4-12/h1-2,5-6,12,14,18H,3-4,7-10H2,(H,17,19). The van der Waals surface area contributed by atoms with Gasteiger partial charge in [-0.05, 0) is 49.3 Å². The fourth-order valence-corrected chi connectivity index (χ4v) is 2.72. The third kappa shape index (κ3) is 4.96. The summed E-state index contributed by atoms with van der Waals surface area (Å²) < 4.78 is 1.03. The average molecular weight is 326 g/mol. The average Bonchev–Trinajstić information content (AvgIpc) is 2.41. The van der Waals surface area contributed by atoms with Crippen molar-refractivity contribution in [2.45, 2.75) is 38.2 Å². The number of amides is 1. The van der Waals surface area contributed by atoms with Gasteiger partial charge in [-0.25, -0.2) is 0 Å². The highest BCUT2D eigenvalue weighted by atomic mass is 79.9. The van der Waals surface area contributed by atoms with Crippen LogP contribution in [0.4, 0.5) is 0 Å².